The van der Waals surface area contributed by atoms with Gasteiger partial charge in [-0.2, -0.15) is 5.10 Å². The Bertz CT molecular complexity index is 315. The van der Waals surface area contributed by atoms with Crippen molar-refractivity contribution in [2.75, 3.05) is 19.7 Å². The third-order valence-corrected chi connectivity index (χ3v) is 2.89. The summed E-state index contributed by atoms with van der Waals surface area (Å²) in [6.45, 7) is 1.68. The number of hydrogen-bond acceptors (Lipinski definition) is 3. The molecule has 2 rings (SSSR count). The van der Waals surface area contributed by atoms with Crippen molar-refractivity contribution in [1.29, 1.82) is 0 Å². The number of aromatic nitrogens is 2. The van der Waals surface area contributed by atoms with Gasteiger partial charge in [0.1, 0.15) is 5.69 Å². The van der Waals surface area contributed by atoms with Crippen LogP contribution >= 0.6 is 0 Å². The average Bonchev–Trinajstić information content (AvgIpc) is 2.82. The number of H-pyrrole nitrogens is 1. The maximum absolute atomic E-state index is 11.8. The summed E-state index contributed by atoms with van der Waals surface area (Å²) in [5.74, 6) is 0.361. The summed E-state index contributed by atoms with van der Waals surface area (Å²) >= 11 is 0. The Morgan fingerprint density at radius 2 is 2.33 bits per heavy atom. The molecule has 2 N–H and O–H groups in total. The quantitative estimate of drug-likeness (QED) is 0.733. The van der Waals surface area contributed by atoms with E-state index in [2.05, 4.69) is 10.2 Å². The van der Waals surface area contributed by atoms with Gasteiger partial charge in [-0.05, 0) is 24.8 Å². The molecule has 1 aliphatic rings. The predicted octanol–water partition coefficient (Wildman–Crippen LogP) is 0.254. The Morgan fingerprint density at radius 1 is 1.60 bits per heavy atom. The van der Waals surface area contributed by atoms with Crippen molar-refractivity contribution in [2.24, 2.45) is 5.92 Å². The van der Waals surface area contributed by atoms with Gasteiger partial charge in [0, 0.05) is 25.9 Å². The van der Waals surface area contributed by atoms with Gasteiger partial charge < -0.3 is 10.0 Å². The first-order valence-corrected chi connectivity index (χ1v) is 5.20. The highest BCUT2D eigenvalue weighted by Gasteiger charge is 2.23. The molecule has 0 radical (unpaired) electrons. The van der Waals surface area contributed by atoms with Crippen LogP contribution in [0.5, 0.6) is 0 Å². The molecule has 1 fully saturated rings. The first-order chi connectivity index (χ1) is 7.31. The second-order valence-electron chi connectivity index (χ2n) is 3.89. The van der Waals surface area contributed by atoms with Crippen LogP contribution in [0, 0.1) is 5.92 Å². The van der Waals surface area contributed by atoms with E-state index in [0.29, 0.717) is 11.6 Å². The number of aliphatic hydroxyl groups is 1. The van der Waals surface area contributed by atoms with Gasteiger partial charge in [0.05, 0.1) is 0 Å². The number of hydrogen-bond donors (Lipinski definition) is 2. The number of piperidine rings is 1. The minimum Gasteiger partial charge on any atom is -0.396 e. The van der Waals surface area contributed by atoms with E-state index < -0.39 is 0 Å². The number of likely N-dealkylation sites (tertiary alicyclic amines) is 1. The second kappa shape index (κ2) is 4.44. The third kappa shape index (κ3) is 2.18. The first kappa shape index (κ1) is 10.2. The van der Waals surface area contributed by atoms with Gasteiger partial charge in [-0.25, -0.2) is 0 Å². The van der Waals surface area contributed by atoms with Crippen LogP contribution in [0.4, 0.5) is 0 Å². The van der Waals surface area contributed by atoms with Gasteiger partial charge in [0.2, 0.25) is 0 Å². The largest absolute Gasteiger partial charge is 0.396 e. The van der Waals surface area contributed by atoms with Crippen molar-refractivity contribution in [3.63, 3.8) is 0 Å². The summed E-state index contributed by atoms with van der Waals surface area (Å²) in [4.78, 5) is 13.7. The number of rotatable bonds is 2. The fourth-order valence-corrected chi connectivity index (χ4v) is 1.86. The van der Waals surface area contributed by atoms with Crippen LogP contribution < -0.4 is 0 Å². The maximum Gasteiger partial charge on any atom is 0.271 e. The van der Waals surface area contributed by atoms with Crippen molar-refractivity contribution in [2.45, 2.75) is 12.8 Å². The lowest BCUT2D eigenvalue weighted by atomic mass is 9.98. The first-order valence-electron chi connectivity index (χ1n) is 5.20. The number of nitrogens with one attached hydrogen (secondary N) is 1. The van der Waals surface area contributed by atoms with Crippen molar-refractivity contribution < 1.29 is 9.90 Å². The summed E-state index contributed by atoms with van der Waals surface area (Å²) in [6, 6.07) is 1.68. The topological polar surface area (TPSA) is 69.2 Å². The molecule has 0 aliphatic carbocycles. The van der Waals surface area contributed by atoms with Crippen LogP contribution in [-0.2, 0) is 0 Å². The van der Waals surface area contributed by atoms with E-state index in [1.54, 1.807) is 17.2 Å². The Hall–Kier alpha value is -1.36. The molecule has 15 heavy (non-hydrogen) atoms. The van der Waals surface area contributed by atoms with Crippen molar-refractivity contribution >= 4 is 5.91 Å². The van der Waals surface area contributed by atoms with Gasteiger partial charge in [0.15, 0.2) is 0 Å². The maximum atomic E-state index is 11.8. The fraction of sp³-hybridized carbons (Fsp3) is 0.600. The van der Waals surface area contributed by atoms with Crippen LogP contribution in [-0.4, -0.2) is 45.8 Å². The van der Waals surface area contributed by atoms with Crippen molar-refractivity contribution in [1.82, 2.24) is 15.1 Å². The monoisotopic (exact) mass is 209 g/mol. The zero-order valence-corrected chi connectivity index (χ0v) is 8.52. The Labute approximate surface area is 88.1 Å². The molecule has 5 heteroatoms. The molecule has 1 aromatic heterocycles. The van der Waals surface area contributed by atoms with Gasteiger partial charge in [-0.15, -0.1) is 0 Å². The molecule has 0 saturated carbocycles. The molecule has 2 heterocycles. The van der Waals surface area contributed by atoms with Crippen LogP contribution in [0.2, 0.25) is 0 Å². The lowest BCUT2D eigenvalue weighted by Gasteiger charge is -2.30. The summed E-state index contributed by atoms with van der Waals surface area (Å²) in [6.07, 6.45) is 3.35. The minimum absolute atomic E-state index is 0.00360. The van der Waals surface area contributed by atoms with E-state index in [-0.39, 0.29) is 12.5 Å². The van der Waals surface area contributed by atoms with E-state index in [1.165, 1.54) is 0 Å². The molecule has 1 saturated heterocycles. The standard InChI is InChI=1S/C10H15N3O2/c14-7-8-2-5-13(6-3-8)10(15)9-1-4-11-12-9/h1,4,8,14H,2-3,5-7H2,(H,11,12). The summed E-state index contributed by atoms with van der Waals surface area (Å²) in [5.41, 5.74) is 0.539. The molecular weight excluding hydrogens is 194 g/mol. The molecular formula is C10H15N3O2. The number of carbonyl (C=O) groups is 1. The number of aromatic amines is 1. The smallest absolute Gasteiger partial charge is 0.271 e. The number of carbonyl (C=O) groups excluding carboxylic acids is 1. The zero-order valence-electron chi connectivity index (χ0n) is 8.52. The number of amides is 1. The van der Waals surface area contributed by atoms with E-state index >= 15 is 0 Å². The fourth-order valence-electron chi connectivity index (χ4n) is 1.86. The molecule has 1 amide bonds. The third-order valence-electron chi connectivity index (χ3n) is 2.89. The molecule has 0 spiro atoms. The van der Waals surface area contributed by atoms with Gasteiger partial charge in [-0.1, -0.05) is 0 Å². The van der Waals surface area contributed by atoms with E-state index in [0.717, 1.165) is 25.9 Å². The predicted molar refractivity (Wildman–Crippen MR) is 54.3 cm³/mol. The molecule has 5 nitrogen and oxygen atoms in total. The minimum atomic E-state index is 0.00360. The Balaban J connectivity index is 1.93. The molecule has 1 aliphatic heterocycles. The van der Waals surface area contributed by atoms with Gasteiger partial charge >= 0.3 is 0 Å². The van der Waals surface area contributed by atoms with Gasteiger partial charge in [0.25, 0.3) is 5.91 Å². The van der Waals surface area contributed by atoms with Gasteiger partial charge in [-0.3, -0.25) is 9.89 Å². The molecule has 82 valence electrons. The highest BCUT2D eigenvalue weighted by molar-refractivity contribution is 5.92. The van der Waals surface area contributed by atoms with Crippen LogP contribution in [0.15, 0.2) is 12.3 Å². The molecule has 1 aromatic rings. The Kier molecular flexibility index (Phi) is 3.01. The highest BCUT2D eigenvalue weighted by atomic mass is 16.3. The second-order valence-corrected chi connectivity index (χ2v) is 3.89. The van der Waals surface area contributed by atoms with Crippen LogP contribution in [0.3, 0.4) is 0 Å². The SMILES string of the molecule is O=C(c1ccn[nH]1)N1CCC(CO)CC1. The van der Waals surface area contributed by atoms with E-state index in [4.69, 9.17) is 5.11 Å². The van der Waals surface area contributed by atoms with Crippen LogP contribution in [0.1, 0.15) is 23.3 Å². The molecule has 0 unspecified atom stereocenters. The van der Waals surface area contributed by atoms with E-state index in [1.807, 2.05) is 0 Å². The number of aliphatic hydroxyl groups excluding tert-OH is 1. The Morgan fingerprint density at radius 3 is 2.87 bits per heavy atom. The highest BCUT2D eigenvalue weighted by Crippen LogP contribution is 2.17. The van der Waals surface area contributed by atoms with Crippen molar-refractivity contribution in [3.05, 3.63) is 18.0 Å². The normalized spacial score (nSPS) is 18.1. The molecule has 0 aromatic carbocycles. The molecule has 0 atom stereocenters. The van der Waals surface area contributed by atoms with Crippen LogP contribution in [0.25, 0.3) is 0 Å². The lowest BCUT2D eigenvalue weighted by molar-refractivity contribution is 0.0645. The summed E-state index contributed by atoms with van der Waals surface area (Å²) in [5, 5.41) is 15.4. The molecule has 0 bridgehead atoms. The van der Waals surface area contributed by atoms with Crippen molar-refractivity contribution in [3.8, 4) is 0 Å². The zero-order chi connectivity index (χ0) is 10.7. The average molecular weight is 209 g/mol. The number of nitrogens with zero attached hydrogens (tertiary/aromatic N) is 2. The summed E-state index contributed by atoms with van der Waals surface area (Å²) < 4.78 is 0. The van der Waals surface area contributed by atoms with E-state index in [9.17, 15) is 4.79 Å². The summed E-state index contributed by atoms with van der Waals surface area (Å²) in [7, 11) is 0. The lowest BCUT2D eigenvalue weighted by Crippen LogP contribution is -2.39.